The summed E-state index contributed by atoms with van der Waals surface area (Å²) in [6, 6.07) is 13.2. The number of hydrogen-bond donors (Lipinski definition) is 1. The fraction of sp³-hybridized carbons (Fsp3) is 0.333. The SMILES string of the molecule is NC(=O)N1C[C@H]2C[C@@H]1CN2CCc1ccc(Oc2nc3cccc(F)c3s2)cc1. The van der Waals surface area contributed by atoms with Crippen molar-refractivity contribution in [1.29, 1.82) is 0 Å². The van der Waals surface area contributed by atoms with Gasteiger partial charge in [0.1, 0.15) is 11.6 Å². The second-order valence-electron chi connectivity index (χ2n) is 7.59. The summed E-state index contributed by atoms with van der Waals surface area (Å²) in [5.74, 6) is 0.408. The van der Waals surface area contributed by atoms with Crippen molar-refractivity contribution >= 4 is 27.6 Å². The summed E-state index contributed by atoms with van der Waals surface area (Å²) in [5, 5.41) is 0.435. The molecule has 2 amide bonds. The highest BCUT2D eigenvalue weighted by molar-refractivity contribution is 7.20. The first-order valence-electron chi connectivity index (χ1n) is 9.69. The molecular weight excluding hydrogens is 391 g/mol. The zero-order valence-electron chi connectivity index (χ0n) is 15.8. The first-order chi connectivity index (χ1) is 14.1. The van der Waals surface area contributed by atoms with Crippen molar-refractivity contribution < 1.29 is 13.9 Å². The summed E-state index contributed by atoms with van der Waals surface area (Å²) in [4.78, 5) is 20.0. The Morgan fingerprint density at radius 1 is 1.21 bits per heavy atom. The molecule has 150 valence electrons. The largest absolute Gasteiger partial charge is 0.431 e. The van der Waals surface area contributed by atoms with E-state index in [0.29, 0.717) is 27.2 Å². The van der Waals surface area contributed by atoms with Crippen LogP contribution in [0.3, 0.4) is 0 Å². The third-order valence-electron chi connectivity index (χ3n) is 5.80. The number of benzene rings is 2. The van der Waals surface area contributed by atoms with Crippen LogP contribution in [0.5, 0.6) is 10.9 Å². The second kappa shape index (κ2) is 7.27. The molecule has 2 atom stereocenters. The highest BCUT2D eigenvalue weighted by Gasteiger charge is 2.44. The number of thiazole rings is 1. The number of ether oxygens (including phenoxy) is 1. The van der Waals surface area contributed by atoms with Gasteiger partial charge in [0, 0.05) is 31.7 Å². The molecule has 2 aromatic carbocycles. The minimum Gasteiger partial charge on any atom is -0.431 e. The predicted molar refractivity (Wildman–Crippen MR) is 110 cm³/mol. The number of amides is 2. The molecule has 0 aliphatic carbocycles. The van der Waals surface area contributed by atoms with Crippen molar-refractivity contribution in [2.45, 2.75) is 24.9 Å². The molecule has 3 aromatic rings. The monoisotopic (exact) mass is 412 g/mol. The van der Waals surface area contributed by atoms with Crippen LogP contribution in [0.1, 0.15) is 12.0 Å². The smallest absolute Gasteiger partial charge is 0.315 e. The van der Waals surface area contributed by atoms with Crippen molar-refractivity contribution in [3.63, 3.8) is 0 Å². The molecule has 8 heteroatoms. The quantitative estimate of drug-likeness (QED) is 0.695. The van der Waals surface area contributed by atoms with E-state index in [0.717, 1.165) is 32.5 Å². The molecule has 1 aromatic heterocycles. The molecule has 2 aliphatic heterocycles. The fourth-order valence-electron chi connectivity index (χ4n) is 4.33. The molecular formula is C21H21FN4O2S. The number of carbonyl (C=O) groups is 1. The Kier molecular flexibility index (Phi) is 4.60. The average Bonchev–Trinajstić information content (AvgIpc) is 3.41. The maximum absolute atomic E-state index is 13.8. The summed E-state index contributed by atoms with van der Waals surface area (Å²) in [5.41, 5.74) is 7.26. The van der Waals surface area contributed by atoms with E-state index in [4.69, 9.17) is 10.5 Å². The van der Waals surface area contributed by atoms with Gasteiger partial charge in [-0.05, 0) is 42.7 Å². The summed E-state index contributed by atoms with van der Waals surface area (Å²) >= 11 is 1.21. The number of nitrogens with zero attached hydrogens (tertiary/aromatic N) is 3. The topological polar surface area (TPSA) is 71.7 Å². The van der Waals surface area contributed by atoms with Crippen LogP contribution in [0.15, 0.2) is 42.5 Å². The van der Waals surface area contributed by atoms with E-state index >= 15 is 0 Å². The zero-order valence-corrected chi connectivity index (χ0v) is 16.6. The molecule has 0 radical (unpaired) electrons. The molecule has 2 aliphatic rings. The molecule has 2 N–H and O–H groups in total. The van der Waals surface area contributed by atoms with Gasteiger partial charge in [0.2, 0.25) is 0 Å². The van der Waals surface area contributed by atoms with Crippen LogP contribution in [0.4, 0.5) is 9.18 Å². The standard InChI is InChI=1S/C21H21FN4O2S/c22-17-2-1-3-18-19(17)29-21(24-18)28-16-6-4-13(5-7-16)8-9-25-11-15-10-14(25)12-26(15)20(23)27/h1-7,14-15H,8-12H2,(H2,23,27)/t14-,15-/m1/s1. The highest BCUT2D eigenvalue weighted by atomic mass is 32.1. The van der Waals surface area contributed by atoms with Gasteiger partial charge in [-0.15, -0.1) is 0 Å². The minimum absolute atomic E-state index is 0.270. The molecule has 29 heavy (non-hydrogen) atoms. The molecule has 6 nitrogen and oxygen atoms in total. The molecule has 0 unspecified atom stereocenters. The normalized spacial score (nSPS) is 21.2. The van der Waals surface area contributed by atoms with Gasteiger partial charge in [-0.3, -0.25) is 4.90 Å². The maximum Gasteiger partial charge on any atom is 0.315 e. The molecule has 2 fully saturated rings. The maximum atomic E-state index is 13.8. The number of nitrogens with two attached hydrogens (primary N) is 1. The Hall–Kier alpha value is -2.71. The first-order valence-corrected chi connectivity index (χ1v) is 10.5. The van der Waals surface area contributed by atoms with E-state index in [9.17, 15) is 9.18 Å². The number of hydrogen-bond acceptors (Lipinski definition) is 5. The first kappa shape index (κ1) is 18.3. The Balaban J connectivity index is 1.18. The van der Waals surface area contributed by atoms with Crippen LogP contribution < -0.4 is 10.5 Å². The lowest BCUT2D eigenvalue weighted by Gasteiger charge is -2.33. The van der Waals surface area contributed by atoms with E-state index in [1.807, 2.05) is 24.3 Å². The molecule has 2 saturated heterocycles. The van der Waals surface area contributed by atoms with E-state index in [2.05, 4.69) is 9.88 Å². The lowest BCUT2D eigenvalue weighted by Crippen LogP contribution is -2.50. The van der Waals surface area contributed by atoms with Gasteiger partial charge >= 0.3 is 6.03 Å². The number of rotatable bonds is 5. The van der Waals surface area contributed by atoms with Gasteiger partial charge in [-0.1, -0.05) is 29.5 Å². The Morgan fingerprint density at radius 3 is 2.72 bits per heavy atom. The predicted octanol–water partition coefficient (Wildman–Crippen LogP) is 3.61. The molecule has 5 rings (SSSR count). The number of piperazine rings is 1. The van der Waals surface area contributed by atoms with Gasteiger partial charge < -0.3 is 15.4 Å². The van der Waals surface area contributed by atoms with Gasteiger partial charge in [-0.25, -0.2) is 14.2 Å². The summed E-state index contributed by atoms with van der Waals surface area (Å²) in [6.45, 7) is 2.61. The molecule has 0 saturated carbocycles. The average molecular weight is 412 g/mol. The van der Waals surface area contributed by atoms with Crippen LogP contribution in [0.25, 0.3) is 10.2 Å². The lowest BCUT2D eigenvalue weighted by atomic mass is 10.1. The Labute approximate surface area is 171 Å². The van der Waals surface area contributed by atoms with Gasteiger partial charge in [0.15, 0.2) is 0 Å². The van der Waals surface area contributed by atoms with Crippen molar-refractivity contribution in [1.82, 2.24) is 14.8 Å². The van der Waals surface area contributed by atoms with Gasteiger partial charge in [0.05, 0.1) is 10.2 Å². The van der Waals surface area contributed by atoms with Crippen molar-refractivity contribution in [3.05, 3.63) is 53.8 Å². The number of halogens is 1. The molecule has 3 heterocycles. The number of aromatic nitrogens is 1. The fourth-order valence-corrected chi connectivity index (χ4v) is 5.17. The van der Waals surface area contributed by atoms with Crippen molar-refractivity contribution in [2.75, 3.05) is 19.6 Å². The Morgan fingerprint density at radius 2 is 2.03 bits per heavy atom. The van der Waals surface area contributed by atoms with Crippen LogP contribution in [-0.2, 0) is 6.42 Å². The van der Waals surface area contributed by atoms with Crippen LogP contribution in [0.2, 0.25) is 0 Å². The van der Waals surface area contributed by atoms with Gasteiger partial charge in [-0.2, -0.15) is 0 Å². The van der Waals surface area contributed by atoms with E-state index in [1.165, 1.54) is 23.0 Å². The van der Waals surface area contributed by atoms with E-state index in [-0.39, 0.29) is 17.9 Å². The number of fused-ring (bicyclic) bond motifs is 3. The third-order valence-corrected chi connectivity index (χ3v) is 6.76. The third kappa shape index (κ3) is 3.54. The van der Waals surface area contributed by atoms with E-state index < -0.39 is 0 Å². The van der Waals surface area contributed by atoms with Crippen LogP contribution in [0, 0.1) is 5.82 Å². The second-order valence-corrected chi connectivity index (χ2v) is 8.55. The summed E-state index contributed by atoms with van der Waals surface area (Å²) in [7, 11) is 0. The Bertz CT molecular complexity index is 1050. The highest BCUT2D eigenvalue weighted by Crippen LogP contribution is 2.33. The van der Waals surface area contributed by atoms with Gasteiger partial charge in [0.25, 0.3) is 5.19 Å². The number of primary amides is 1. The van der Waals surface area contributed by atoms with Crippen LogP contribution >= 0.6 is 11.3 Å². The summed E-state index contributed by atoms with van der Waals surface area (Å²) < 4.78 is 20.1. The summed E-state index contributed by atoms with van der Waals surface area (Å²) in [6.07, 6.45) is 1.96. The number of urea groups is 1. The van der Waals surface area contributed by atoms with Crippen molar-refractivity contribution in [2.24, 2.45) is 5.73 Å². The number of likely N-dealkylation sites (tertiary alicyclic amines) is 2. The molecule has 2 bridgehead atoms. The van der Waals surface area contributed by atoms with E-state index in [1.54, 1.807) is 17.0 Å². The van der Waals surface area contributed by atoms with Crippen LogP contribution in [-0.4, -0.2) is 52.5 Å². The molecule has 0 spiro atoms. The minimum atomic E-state index is -0.302. The lowest BCUT2D eigenvalue weighted by molar-refractivity contribution is 0.142. The van der Waals surface area contributed by atoms with Crippen molar-refractivity contribution in [3.8, 4) is 10.9 Å². The number of carbonyl (C=O) groups excluding carboxylic acids is 1. The zero-order chi connectivity index (χ0) is 20.0.